The van der Waals surface area contributed by atoms with Gasteiger partial charge in [0.05, 0.1) is 13.7 Å². The van der Waals surface area contributed by atoms with E-state index in [0.717, 1.165) is 28.2 Å². The molecule has 0 saturated carbocycles. The molecule has 148 valence electrons. The fourth-order valence-corrected chi connectivity index (χ4v) is 3.40. The lowest BCUT2D eigenvalue weighted by atomic mass is 9.90. The molecule has 1 unspecified atom stereocenters. The van der Waals surface area contributed by atoms with Crippen molar-refractivity contribution in [1.82, 2.24) is 10.2 Å². The fourth-order valence-electron chi connectivity index (χ4n) is 3.40. The Labute approximate surface area is 165 Å². The van der Waals surface area contributed by atoms with Crippen LogP contribution in [-0.2, 0) is 10.3 Å². The maximum Gasteiger partial charge on any atom is 0.325 e. The molecule has 6 heteroatoms. The summed E-state index contributed by atoms with van der Waals surface area (Å²) in [7, 11) is 1.60. The van der Waals surface area contributed by atoms with Gasteiger partial charge in [-0.3, -0.25) is 9.69 Å². The second-order valence-corrected chi connectivity index (χ2v) is 7.21. The van der Waals surface area contributed by atoms with E-state index in [4.69, 9.17) is 9.47 Å². The van der Waals surface area contributed by atoms with Crippen LogP contribution < -0.4 is 14.8 Å². The fraction of sp³-hybridized carbons (Fsp3) is 0.364. The molecule has 1 saturated heterocycles. The number of methoxy groups -OCH3 is 1. The van der Waals surface area contributed by atoms with E-state index in [0.29, 0.717) is 19.6 Å². The molecular formula is C22H26N2O4. The van der Waals surface area contributed by atoms with E-state index in [9.17, 15) is 9.59 Å². The molecular weight excluding hydrogens is 356 g/mol. The molecule has 1 aliphatic heterocycles. The normalized spacial score (nSPS) is 18.9. The Bertz CT molecular complexity index is 896. The molecule has 1 aliphatic rings. The average molecular weight is 382 g/mol. The van der Waals surface area contributed by atoms with E-state index < -0.39 is 5.54 Å². The summed E-state index contributed by atoms with van der Waals surface area (Å²) >= 11 is 0. The molecule has 3 rings (SSSR count). The molecule has 6 nitrogen and oxygen atoms in total. The Morgan fingerprint density at radius 1 is 1.11 bits per heavy atom. The Morgan fingerprint density at radius 2 is 1.89 bits per heavy atom. The first-order valence-electron chi connectivity index (χ1n) is 9.34. The third-order valence-corrected chi connectivity index (χ3v) is 5.03. The molecule has 1 atom stereocenters. The highest BCUT2D eigenvalue weighted by Gasteiger charge is 2.48. The van der Waals surface area contributed by atoms with Gasteiger partial charge >= 0.3 is 6.03 Å². The molecule has 0 aromatic heterocycles. The standard InChI is InChI=1S/C22H26N2O4/c1-15-7-5-8-18(13-15)28-12-6-11-24-20(25)22(3,23-21(24)26)17-9-10-19(27-4)16(2)14-17/h5,7-10,13-14H,6,11-12H2,1-4H3,(H,23,26). The van der Waals surface area contributed by atoms with Crippen molar-refractivity contribution in [2.75, 3.05) is 20.3 Å². The topological polar surface area (TPSA) is 67.9 Å². The SMILES string of the molecule is COc1ccc(C2(C)NC(=O)N(CCCOc3cccc(C)c3)C2=O)cc1C. The Balaban J connectivity index is 1.63. The van der Waals surface area contributed by atoms with Crippen LogP contribution in [0.3, 0.4) is 0 Å². The van der Waals surface area contributed by atoms with Gasteiger partial charge in [-0.2, -0.15) is 0 Å². The molecule has 2 aromatic carbocycles. The number of ether oxygens (including phenoxy) is 2. The zero-order valence-corrected chi connectivity index (χ0v) is 16.7. The van der Waals surface area contributed by atoms with Crippen molar-refractivity contribution in [1.29, 1.82) is 0 Å². The molecule has 1 heterocycles. The van der Waals surface area contributed by atoms with Crippen molar-refractivity contribution in [3.63, 3.8) is 0 Å². The molecule has 0 radical (unpaired) electrons. The number of imide groups is 1. The van der Waals surface area contributed by atoms with Gasteiger partial charge < -0.3 is 14.8 Å². The first-order valence-corrected chi connectivity index (χ1v) is 9.34. The highest BCUT2D eigenvalue weighted by molar-refractivity contribution is 6.07. The van der Waals surface area contributed by atoms with Crippen LogP contribution in [-0.4, -0.2) is 37.1 Å². The first kappa shape index (κ1) is 19.7. The van der Waals surface area contributed by atoms with Crippen LogP contribution in [0.1, 0.15) is 30.0 Å². The van der Waals surface area contributed by atoms with Gasteiger partial charge in [-0.05, 0) is 68.1 Å². The number of carbonyl (C=O) groups excluding carboxylic acids is 2. The quantitative estimate of drug-likeness (QED) is 0.587. The monoisotopic (exact) mass is 382 g/mol. The van der Waals surface area contributed by atoms with Gasteiger partial charge in [-0.1, -0.05) is 18.2 Å². The number of urea groups is 1. The van der Waals surface area contributed by atoms with E-state index in [1.165, 1.54) is 4.90 Å². The maximum atomic E-state index is 13.0. The lowest BCUT2D eigenvalue weighted by molar-refractivity contribution is -0.131. The summed E-state index contributed by atoms with van der Waals surface area (Å²) in [6.07, 6.45) is 0.560. The van der Waals surface area contributed by atoms with Gasteiger partial charge in [0.15, 0.2) is 0 Å². The minimum absolute atomic E-state index is 0.252. The van der Waals surface area contributed by atoms with E-state index >= 15 is 0 Å². The van der Waals surface area contributed by atoms with Crippen molar-refractivity contribution in [3.05, 3.63) is 59.2 Å². The first-order chi connectivity index (χ1) is 13.3. The summed E-state index contributed by atoms with van der Waals surface area (Å²) < 4.78 is 11.0. The van der Waals surface area contributed by atoms with Gasteiger partial charge in [0.25, 0.3) is 5.91 Å². The average Bonchev–Trinajstić information content (AvgIpc) is 2.88. The van der Waals surface area contributed by atoms with Crippen molar-refractivity contribution in [2.24, 2.45) is 0 Å². The molecule has 0 spiro atoms. The van der Waals surface area contributed by atoms with Gasteiger partial charge in [0.2, 0.25) is 0 Å². The van der Waals surface area contributed by atoms with Crippen LogP contribution in [0, 0.1) is 13.8 Å². The minimum atomic E-state index is -1.08. The lowest BCUT2D eigenvalue weighted by Crippen LogP contribution is -2.41. The smallest absolute Gasteiger partial charge is 0.325 e. The Morgan fingerprint density at radius 3 is 2.57 bits per heavy atom. The van der Waals surface area contributed by atoms with Gasteiger partial charge in [-0.15, -0.1) is 0 Å². The third kappa shape index (κ3) is 3.81. The number of rotatable bonds is 7. The number of nitrogens with zero attached hydrogens (tertiary/aromatic N) is 1. The van der Waals surface area contributed by atoms with Crippen LogP contribution in [0.2, 0.25) is 0 Å². The predicted molar refractivity (Wildman–Crippen MR) is 107 cm³/mol. The van der Waals surface area contributed by atoms with Crippen LogP contribution in [0.4, 0.5) is 4.79 Å². The van der Waals surface area contributed by atoms with Gasteiger partial charge in [-0.25, -0.2) is 4.79 Å². The molecule has 28 heavy (non-hydrogen) atoms. The van der Waals surface area contributed by atoms with Gasteiger partial charge in [0.1, 0.15) is 17.0 Å². The molecule has 3 amide bonds. The van der Waals surface area contributed by atoms with E-state index in [1.54, 1.807) is 14.0 Å². The van der Waals surface area contributed by atoms with E-state index in [-0.39, 0.29) is 11.9 Å². The zero-order valence-electron chi connectivity index (χ0n) is 16.7. The second-order valence-electron chi connectivity index (χ2n) is 7.21. The summed E-state index contributed by atoms with van der Waals surface area (Å²) in [5.74, 6) is 1.28. The van der Waals surface area contributed by atoms with Crippen molar-refractivity contribution >= 4 is 11.9 Å². The highest BCUT2D eigenvalue weighted by atomic mass is 16.5. The zero-order chi connectivity index (χ0) is 20.3. The van der Waals surface area contributed by atoms with E-state index in [1.807, 2.05) is 56.3 Å². The number of hydrogen-bond donors (Lipinski definition) is 1. The summed E-state index contributed by atoms with van der Waals surface area (Å²) in [6.45, 7) is 6.38. The molecule has 0 bridgehead atoms. The lowest BCUT2D eigenvalue weighted by Gasteiger charge is -2.23. The number of nitrogens with one attached hydrogen (secondary N) is 1. The number of aryl methyl sites for hydroxylation is 2. The third-order valence-electron chi connectivity index (χ3n) is 5.03. The summed E-state index contributed by atoms with van der Waals surface area (Å²) in [4.78, 5) is 26.7. The molecule has 1 fully saturated rings. The maximum absolute atomic E-state index is 13.0. The van der Waals surface area contributed by atoms with Crippen LogP contribution in [0.25, 0.3) is 0 Å². The van der Waals surface area contributed by atoms with Crippen molar-refractivity contribution in [2.45, 2.75) is 32.7 Å². The largest absolute Gasteiger partial charge is 0.496 e. The molecule has 1 N–H and O–H groups in total. The molecule has 2 aromatic rings. The minimum Gasteiger partial charge on any atom is -0.496 e. The van der Waals surface area contributed by atoms with Crippen LogP contribution in [0.15, 0.2) is 42.5 Å². The number of benzene rings is 2. The molecule has 0 aliphatic carbocycles. The number of hydrogen-bond acceptors (Lipinski definition) is 4. The van der Waals surface area contributed by atoms with Crippen molar-refractivity contribution in [3.8, 4) is 11.5 Å². The summed E-state index contributed by atoms with van der Waals surface area (Å²) in [5.41, 5.74) is 1.69. The van der Waals surface area contributed by atoms with Crippen LogP contribution >= 0.6 is 0 Å². The van der Waals surface area contributed by atoms with Gasteiger partial charge in [0, 0.05) is 6.54 Å². The number of carbonyl (C=O) groups is 2. The van der Waals surface area contributed by atoms with Crippen LogP contribution in [0.5, 0.6) is 11.5 Å². The second kappa shape index (κ2) is 7.92. The Hall–Kier alpha value is -3.02. The number of amides is 3. The van der Waals surface area contributed by atoms with E-state index in [2.05, 4.69) is 5.32 Å². The Kier molecular flexibility index (Phi) is 5.58. The van der Waals surface area contributed by atoms with Crippen molar-refractivity contribution < 1.29 is 19.1 Å². The predicted octanol–water partition coefficient (Wildman–Crippen LogP) is 3.55. The summed E-state index contributed by atoms with van der Waals surface area (Å²) in [6, 6.07) is 12.9. The summed E-state index contributed by atoms with van der Waals surface area (Å²) in [5, 5.41) is 2.83. The highest BCUT2D eigenvalue weighted by Crippen LogP contribution is 2.31.